The zero-order valence-electron chi connectivity index (χ0n) is 19.9. The summed E-state index contributed by atoms with van der Waals surface area (Å²) in [6.07, 6.45) is 10.7. The molecule has 5 N–H and O–H groups in total. The first-order valence-corrected chi connectivity index (χ1v) is 12.8. The monoisotopic (exact) mass is 768 g/mol. The second-order valence-corrected chi connectivity index (χ2v) is 9.30. The maximum atomic E-state index is 8.83. The normalized spacial score (nSPS) is 32.6. The zero-order valence-corrected chi connectivity index (χ0v) is 26.4. The Kier molecular flexibility index (Phi) is 30.9. The largest absolute Gasteiger partial charge is 4.00 e. The smallest absolute Gasteiger partial charge is 0.647 e. The Morgan fingerprint density at radius 1 is 0.694 bits per heavy atom. The molecule has 36 heavy (non-hydrogen) atoms. The number of hydrogen-bond donors (Lipinski definition) is 5. The zero-order chi connectivity index (χ0) is 25.9. The molecule has 9 nitrogen and oxygen atoms in total. The van der Waals surface area contributed by atoms with E-state index >= 15 is 0 Å². The van der Waals surface area contributed by atoms with Gasteiger partial charge in [-0.2, -0.15) is 0 Å². The summed E-state index contributed by atoms with van der Waals surface area (Å²) in [5, 5.41) is 57.5. The number of allylic oxidation sites excluding steroid dienone is 2. The molecule has 4 aliphatic heterocycles. The van der Waals surface area contributed by atoms with Crippen molar-refractivity contribution in [3.63, 3.8) is 0 Å². The molecule has 0 amide bonds. The van der Waals surface area contributed by atoms with E-state index in [1.165, 1.54) is 0 Å². The molecule has 4 rings (SSSR count). The Bertz CT molecular complexity index is 505. The summed E-state index contributed by atoms with van der Waals surface area (Å²) in [6, 6.07) is 0. The molecule has 0 aromatic rings. The number of hydrogen-bond acceptors (Lipinski definition) is 5. The van der Waals surface area contributed by atoms with Crippen LogP contribution in [0, 0.1) is 0 Å². The molecule has 0 spiro atoms. The van der Waals surface area contributed by atoms with Gasteiger partial charge in [0.2, 0.25) is 0 Å². The summed E-state index contributed by atoms with van der Waals surface area (Å²) in [6.45, 7) is 0. The maximum Gasteiger partial charge on any atom is 4.00 e. The number of piperidine rings is 3. The standard InChI is InChI=1S/3C5H9ClNO.C5H5ClNO.CH4O.2Ru/c4*6-4-2-1-3-5(8)7-4;1-2;;/h3*4-5,8H,1-3H2;1-3,5,8H;2H,1H3;;/q4*-1;;;+4. The third-order valence-corrected chi connectivity index (χ3v) is 5.70. The van der Waals surface area contributed by atoms with Crippen molar-refractivity contribution >= 4 is 46.4 Å². The second-order valence-electron chi connectivity index (χ2n) is 7.40. The van der Waals surface area contributed by atoms with Gasteiger partial charge in [-0.25, -0.2) is 0 Å². The van der Waals surface area contributed by atoms with E-state index in [0.29, 0.717) is 5.16 Å². The van der Waals surface area contributed by atoms with Gasteiger partial charge in [0.15, 0.2) is 0 Å². The van der Waals surface area contributed by atoms with Crippen LogP contribution in [-0.2, 0) is 39.0 Å². The molecule has 214 valence electrons. The third kappa shape index (κ3) is 24.4. The topological polar surface area (TPSA) is 158 Å². The number of halogens is 4. The fraction of sp³-hybridized carbons (Fsp3) is 0.810. The van der Waals surface area contributed by atoms with Gasteiger partial charge >= 0.3 is 19.5 Å². The van der Waals surface area contributed by atoms with Gasteiger partial charge in [-0.05, 0) is 37.9 Å². The van der Waals surface area contributed by atoms with Crippen LogP contribution in [0.4, 0.5) is 0 Å². The van der Waals surface area contributed by atoms with Crippen LogP contribution in [0.1, 0.15) is 57.8 Å². The van der Waals surface area contributed by atoms with Gasteiger partial charge in [0.1, 0.15) is 0 Å². The van der Waals surface area contributed by atoms with E-state index in [0.717, 1.165) is 64.9 Å². The molecule has 0 saturated carbocycles. The predicted molar refractivity (Wildman–Crippen MR) is 139 cm³/mol. The van der Waals surface area contributed by atoms with Gasteiger partial charge in [-0.1, -0.05) is 78.4 Å². The van der Waals surface area contributed by atoms with Crippen LogP contribution in [0.15, 0.2) is 23.4 Å². The van der Waals surface area contributed by atoms with Gasteiger partial charge in [-0.15, -0.1) is 46.4 Å². The third-order valence-electron chi connectivity index (χ3n) is 4.49. The van der Waals surface area contributed by atoms with Gasteiger partial charge in [0.05, 0.1) is 0 Å². The molecule has 3 saturated heterocycles. The molecule has 0 radical (unpaired) electrons. The predicted octanol–water partition coefficient (Wildman–Crippen LogP) is 5.21. The molecule has 4 heterocycles. The van der Waals surface area contributed by atoms with Crippen molar-refractivity contribution in [1.29, 1.82) is 0 Å². The first-order chi connectivity index (χ1) is 16.2. The van der Waals surface area contributed by atoms with Crippen molar-refractivity contribution in [3.8, 4) is 0 Å². The average molecular weight is 768 g/mol. The molecule has 7 unspecified atom stereocenters. The average Bonchev–Trinajstić information content (AvgIpc) is 2.76. The molecule has 15 heteroatoms. The summed E-state index contributed by atoms with van der Waals surface area (Å²) in [7, 11) is 1.00. The Morgan fingerprint density at radius 2 is 1.03 bits per heavy atom. The quantitative estimate of drug-likeness (QED) is 0.130. The minimum absolute atomic E-state index is 0. The molecule has 4 aliphatic rings. The molecular weight excluding hydrogens is 732 g/mol. The second kappa shape index (κ2) is 26.6. The Balaban J connectivity index is -0.000000387. The van der Waals surface area contributed by atoms with Crippen molar-refractivity contribution < 1.29 is 64.5 Å². The number of rotatable bonds is 0. The fourth-order valence-corrected chi connectivity index (χ4v) is 3.89. The first-order valence-electron chi connectivity index (χ1n) is 11.1. The molecule has 0 aliphatic carbocycles. The molecule has 0 aromatic heterocycles. The van der Waals surface area contributed by atoms with E-state index in [9.17, 15) is 0 Å². The van der Waals surface area contributed by atoms with Crippen LogP contribution < -0.4 is 0 Å². The van der Waals surface area contributed by atoms with E-state index in [1.54, 1.807) is 18.2 Å². The minimum Gasteiger partial charge on any atom is -0.647 e. The van der Waals surface area contributed by atoms with Crippen LogP contribution >= 0.6 is 46.4 Å². The summed E-state index contributed by atoms with van der Waals surface area (Å²) in [5.74, 6) is 0. The van der Waals surface area contributed by atoms with Gasteiger partial charge in [0.25, 0.3) is 0 Å². The number of aliphatic hydroxyl groups excluding tert-OH is 5. The minimum atomic E-state index is -0.743. The van der Waals surface area contributed by atoms with Crippen molar-refractivity contribution in [2.75, 3.05) is 7.11 Å². The number of nitrogens with zero attached hydrogens (tertiary/aromatic N) is 4. The summed E-state index contributed by atoms with van der Waals surface area (Å²) < 4.78 is 0. The van der Waals surface area contributed by atoms with Crippen molar-refractivity contribution in [3.05, 3.63) is 44.7 Å². The first kappa shape index (κ1) is 41.8. The van der Waals surface area contributed by atoms with Gasteiger partial charge in [0, 0.05) is 32.8 Å². The van der Waals surface area contributed by atoms with E-state index < -0.39 is 24.9 Å². The molecule has 0 bridgehead atoms. The van der Waals surface area contributed by atoms with Crippen molar-refractivity contribution in [1.82, 2.24) is 0 Å². The molecule has 3 fully saturated rings. The van der Waals surface area contributed by atoms with Gasteiger partial charge < -0.3 is 46.8 Å². The molecular formula is C21H36Cl4N4O5Ru2. The van der Waals surface area contributed by atoms with Crippen LogP contribution in [0.3, 0.4) is 0 Å². The van der Waals surface area contributed by atoms with Crippen LogP contribution in [0.5, 0.6) is 0 Å². The van der Waals surface area contributed by atoms with E-state index in [1.807, 2.05) is 0 Å². The SMILES string of the molecule is CO.OC1C=CC=C(Cl)[N-]1.OC1CCCC(Cl)[N-]1.OC1CCCC(Cl)[N-]1.OC1CCCC(Cl)[N-]1.[Ru+4].[Ru]. The summed E-state index contributed by atoms with van der Waals surface area (Å²) >= 11 is 22.1. The van der Waals surface area contributed by atoms with Crippen LogP contribution in [0.25, 0.3) is 21.3 Å². The summed E-state index contributed by atoms with van der Waals surface area (Å²) in [5.41, 5.74) is -0.420. The van der Waals surface area contributed by atoms with Gasteiger partial charge in [-0.3, -0.25) is 0 Å². The van der Waals surface area contributed by atoms with Crippen LogP contribution in [0.2, 0.25) is 0 Å². The van der Waals surface area contributed by atoms with Crippen molar-refractivity contribution in [2.24, 2.45) is 0 Å². The summed E-state index contributed by atoms with van der Waals surface area (Å²) in [4.78, 5) is 0. The van der Waals surface area contributed by atoms with E-state index in [4.69, 9.17) is 71.9 Å². The number of aliphatic hydroxyl groups is 5. The Hall–Kier alpha value is 1.37. The van der Waals surface area contributed by atoms with E-state index in [-0.39, 0.29) is 55.5 Å². The Labute approximate surface area is 260 Å². The number of alkyl halides is 3. The van der Waals surface area contributed by atoms with Crippen LogP contribution in [-0.4, -0.2) is 74.1 Å². The van der Waals surface area contributed by atoms with Crippen molar-refractivity contribution in [2.45, 2.75) is 99.2 Å². The van der Waals surface area contributed by atoms with E-state index in [2.05, 4.69) is 21.3 Å². The Morgan fingerprint density at radius 3 is 1.19 bits per heavy atom. The maximum absolute atomic E-state index is 8.83. The molecule has 0 aromatic carbocycles. The molecule has 7 atom stereocenters. The fourth-order valence-electron chi connectivity index (χ4n) is 2.86.